The summed E-state index contributed by atoms with van der Waals surface area (Å²) in [4.78, 5) is 3.36. The zero-order chi connectivity index (χ0) is 13.8. The molecular weight excluding hydrogens is 244 g/mol. The third-order valence-corrected chi connectivity index (χ3v) is 4.89. The number of aromatic nitrogens is 1. The number of benzene rings is 1. The molecule has 1 atom stereocenters. The Balaban J connectivity index is 1.62. The highest BCUT2D eigenvalue weighted by Gasteiger charge is 2.18. The highest BCUT2D eigenvalue weighted by molar-refractivity contribution is 5.82. The molecule has 1 fully saturated rings. The summed E-state index contributed by atoms with van der Waals surface area (Å²) >= 11 is 0. The van der Waals surface area contributed by atoms with Gasteiger partial charge < -0.3 is 10.3 Å². The molecule has 1 aliphatic rings. The summed E-state index contributed by atoms with van der Waals surface area (Å²) in [6.07, 6.45) is 10.5. The molecule has 108 valence electrons. The Morgan fingerprint density at radius 1 is 1.15 bits per heavy atom. The van der Waals surface area contributed by atoms with Gasteiger partial charge in [-0.15, -0.1) is 0 Å². The van der Waals surface area contributed by atoms with Crippen molar-refractivity contribution in [3.05, 3.63) is 36.0 Å². The Morgan fingerprint density at radius 2 is 1.95 bits per heavy atom. The van der Waals surface area contributed by atoms with Crippen LogP contribution in [0.5, 0.6) is 0 Å². The fourth-order valence-corrected chi connectivity index (χ4v) is 3.55. The molecule has 0 bridgehead atoms. The molecule has 1 saturated carbocycles. The van der Waals surface area contributed by atoms with Crippen LogP contribution in [0, 0.1) is 5.92 Å². The summed E-state index contributed by atoms with van der Waals surface area (Å²) in [7, 11) is 0. The molecule has 2 nitrogen and oxygen atoms in total. The van der Waals surface area contributed by atoms with Gasteiger partial charge in [-0.25, -0.2) is 0 Å². The Kier molecular flexibility index (Phi) is 4.41. The molecular formula is C18H26N2. The van der Waals surface area contributed by atoms with Gasteiger partial charge in [0.2, 0.25) is 0 Å². The number of hydrogen-bond acceptors (Lipinski definition) is 1. The minimum atomic E-state index is 0.623. The van der Waals surface area contributed by atoms with Crippen LogP contribution in [-0.4, -0.2) is 11.0 Å². The van der Waals surface area contributed by atoms with E-state index in [1.807, 2.05) is 6.20 Å². The SMILES string of the molecule is C[C@@H](NCc1cccc2cc[nH]c12)C1CCCCCC1. The normalized spacial score (nSPS) is 19.1. The van der Waals surface area contributed by atoms with E-state index in [-0.39, 0.29) is 0 Å². The van der Waals surface area contributed by atoms with Crippen molar-refractivity contribution < 1.29 is 0 Å². The maximum absolute atomic E-state index is 3.76. The molecule has 1 heterocycles. The summed E-state index contributed by atoms with van der Waals surface area (Å²) in [5.74, 6) is 0.861. The summed E-state index contributed by atoms with van der Waals surface area (Å²) in [6.45, 7) is 3.33. The van der Waals surface area contributed by atoms with Crippen LogP contribution in [0.15, 0.2) is 30.5 Å². The van der Waals surface area contributed by atoms with E-state index < -0.39 is 0 Å². The van der Waals surface area contributed by atoms with Crippen LogP contribution in [0.1, 0.15) is 51.0 Å². The lowest BCUT2D eigenvalue weighted by atomic mass is 9.93. The van der Waals surface area contributed by atoms with Crippen molar-refractivity contribution in [2.45, 2.75) is 58.0 Å². The highest BCUT2D eigenvalue weighted by atomic mass is 14.9. The van der Waals surface area contributed by atoms with Gasteiger partial charge in [0.15, 0.2) is 0 Å². The quantitative estimate of drug-likeness (QED) is 0.780. The summed E-state index contributed by atoms with van der Waals surface area (Å²) in [5, 5.41) is 5.07. The van der Waals surface area contributed by atoms with E-state index in [2.05, 4.69) is 41.5 Å². The molecule has 3 rings (SSSR count). The van der Waals surface area contributed by atoms with Crippen LogP contribution in [-0.2, 0) is 6.54 Å². The molecule has 0 spiro atoms. The standard InChI is InChI=1S/C18H26N2/c1-14(15-7-4-2-3-5-8-15)20-13-17-10-6-9-16-11-12-19-18(16)17/h6,9-12,14-15,19-20H,2-5,7-8,13H2,1H3/t14-/m1/s1. The molecule has 1 aliphatic carbocycles. The first-order valence-corrected chi connectivity index (χ1v) is 8.13. The van der Waals surface area contributed by atoms with Gasteiger partial charge in [0.1, 0.15) is 0 Å². The zero-order valence-electron chi connectivity index (χ0n) is 12.5. The van der Waals surface area contributed by atoms with Crippen LogP contribution in [0.25, 0.3) is 10.9 Å². The summed E-state index contributed by atoms with van der Waals surface area (Å²) in [6, 6.07) is 9.32. The van der Waals surface area contributed by atoms with Crippen LogP contribution in [0.3, 0.4) is 0 Å². The third-order valence-electron chi connectivity index (χ3n) is 4.89. The van der Waals surface area contributed by atoms with Crippen molar-refractivity contribution in [2.75, 3.05) is 0 Å². The van der Waals surface area contributed by atoms with Crippen molar-refractivity contribution in [1.82, 2.24) is 10.3 Å². The largest absolute Gasteiger partial charge is 0.361 e. The van der Waals surface area contributed by atoms with Gasteiger partial charge in [0, 0.05) is 24.3 Å². The van der Waals surface area contributed by atoms with Crippen LogP contribution >= 0.6 is 0 Å². The zero-order valence-corrected chi connectivity index (χ0v) is 12.5. The van der Waals surface area contributed by atoms with E-state index in [0.717, 1.165) is 12.5 Å². The number of H-pyrrole nitrogens is 1. The van der Waals surface area contributed by atoms with Gasteiger partial charge in [-0.05, 0) is 42.7 Å². The minimum absolute atomic E-state index is 0.623. The van der Waals surface area contributed by atoms with Crippen molar-refractivity contribution >= 4 is 10.9 Å². The molecule has 1 aromatic heterocycles. The first-order chi connectivity index (χ1) is 9.84. The predicted octanol–water partition coefficient (Wildman–Crippen LogP) is 4.62. The molecule has 20 heavy (non-hydrogen) atoms. The molecule has 2 N–H and O–H groups in total. The fourth-order valence-electron chi connectivity index (χ4n) is 3.55. The van der Waals surface area contributed by atoms with Crippen molar-refractivity contribution in [3.63, 3.8) is 0 Å². The maximum Gasteiger partial charge on any atom is 0.0499 e. The average Bonchev–Trinajstić information content (AvgIpc) is 2.79. The number of fused-ring (bicyclic) bond motifs is 1. The smallest absolute Gasteiger partial charge is 0.0499 e. The molecule has 2 aromatic rings. The monoisotopic (exact) mass is 270 g/mol. The Bertz CT molecular complexity index is 535. The Labute approximate surface area is 122 Å². The van der Waals surface area contributed by atoms with Crippen LogP contribution < -0.4 is 5.32 Å². The first kappa shape index (κ1) is 13.7. The Morgan fingerprint density at radius 3 is 2.75 bits per heavy atom. The molecule has 2 heteroatoms. The van der Waals surface area contributed by atoms with Gasteiger partial charge in [-0.2, -0.15) is 0 Å². The van der Waals surface area contributed by atoms with Crippen molar-refractivity contribution in [1.29, 1.82) is 0 Å². The molecule has 0 saturated heterocycles. The second-order valence-electron chi connectivity index (χ2n) is 6.28. The number of hydrogen-bond donors (Lipinski definition) is 2. The number of para-hydroxylation sites is 1. The predicted molar refractivity (Wildman–Crippen MR) is 85.8 cm³/mol. The molecule has 0 aliphatic heterocycles. The molecule has 0 unspecified atom stereocenters. The number of nitrogens with one attached hydrogen (secondary N) is 2. The van der Waals surface area contributed by atoms with E-state index in [1.165, 1.54) is 55.0 Å². The van der Waals surface area contributed by atoms with Crippen molar-refractivity contribution in [2.24, 2.45) is 5.92 Å². The Hall–Kier alpha value is -1.28. The number of aromatic amines is 1. The lowest BCUT2D eigenvalue weighted by molar-refractivity contribution is 0.337. The van der Waals surface area contributed by atoms with Gasteiger partial charge >= 0.3 is 0 Å². The van der Waals surface area contributed by atoms with Gasteiger partial charge in [-0.1, -0.05) is 43.9 Å². The van der Waals surface area contributed by atoms with E-state index in [9.17, 15) is 0 Å². The molecule has 0 radical (unpaired) electrons. The van der Waals surface area contributed by atoms with Gasteiger partial charge in [0.25, 0.3) is 0 Å². The fraction of sp³-hybridized carbons (Fsp3) is 0.556. The van der Waals surface area contributed by atoms with E-state index in [1.54, 1.807) is 0 Å². The first-order valence-electron chi connectivity index (χ1n) is 8.13. The third kappa shape index (κ3) is 3.06. The average molecular weight is 270 g/mol. The van der Waals surface area contributed by atoms with E-state index in [4.69, 9.17) is 0 Å². The summed E-state index contributed by atoms with van der Waals surface area (Å²) < 4.78 is 0. The number of rotatable bonds is 4. The van der Waals surface area contributed by atoms with Crippen molar-refractivity contribution in [3.8, 4) is 0 Å². The minimum Gasteiger partial charge on any atom is -0.361 e. The topological polar surface area (TPSA) is 27.8 Å². The van der Waals surface area contributed by atoms with Crippen LogP contribution in [0.4, 0.5) is 0 Å². The van der Waals surface area contributed by atoms with E-state index in [0.29, 0.717) is 6.04 Å². The van der Waals surface area contributed by atoms with Gasteiger partial charge in [0.05, 0.1) is 0 Å². The lowest BCUT2D eigenvalue weighted by Gasteiger charge is -2.23. The second kappa shape index (κ2) is 6.45. The van der Waals surface area contributed by atoms with E-state index >= 15 is 0 Å². The molecule has 0 amide bonds. The van der Waals surface area contributed by atoms with Crippen LogP contribution in [0.2, 0.25) is 0 Å². The second-order valence-corrected chi connectivity index (χ2v) is 6.28. The van der Waals surface area contributed by atoms with Gasteiger partial charge in [-0.3, -0.25) is 0 Å². The maximum atomic E-state index is 3.76. The summed E-state index contributed by atoms with van der Waals surface area (Å²) in [5.41, 5.74) is 2.67. The lowest BCUT2D eigenvalue weighted by Crippen LogP contribution is -2.33. The molecule has 1 aromatic carbocycles. The highest BCUT2D eigenvalue weighted by Crippen LogP contribution is 2.26.